The van der Waals surface area contributed by atoms with E-state index in [-0.39, 0.29) is 17.3 Å². The van der Waals surface area contributed by atoms with Crippen LogP contribution in [0.25, 0.3) is 22.9 Å². The highest BCUT2D eigenvalue weighted by molar-refractivity contribution is 5.88. The Morgan fingerprint density at radius 3 is 2.33 bits per heavy atom. The summed E-state index contributed by atoms with van der Waals surface area (Å²) in [5.74, 6) is 0.626. The van der Waals surface area contributed by atoms with Crippen molar-refractivity contribution in [1.82, 2.24) is 10.2 Å². The Bertz CT molecular complexity index is 871. The largest absolute Gasteiger partial charge is 0.493 e. The predicted octanol–water partition coefficient (Wildman–Crippen LogP) is 3.12. The van der Waals surface area contributed by atoms with Gasteiger partial charge < -0.3 is 19.0 Å². The smallest absolute Gasteiger partial charge is 0.335 e. The van der Waals surface area contributed by atoms with Gasteiger partial charge in [-0.15, -0.1) is 10.2 Å². The van der Waals surface area contributed by atoms with Crippen molar-refractivity contribution in [3.63, 3.8) is 0 Å². The quantitative estimate of drug-likeness (QED) is 0.769. The van der Waals surface area contributed by atoms with Gasteiger partial charge in [0.25, 0.3) is 5.89 Å². The number of carbonyl (C=O) groups is 1. The number of aromatic carboxylic acids is 1. The number of ether oxygens (including phenoxy) is 2. The van der Waals surface area contributed by atoms with Gasteiger partial charge in [-0.3, -0.25) is 0 Å². The molecule has 0 aliphatic rings. The van der Waals surface area contributed by atoms with E-state index in [1.54, 1.807) is 37.4 Å². The SMILES string of the molecule is COc1cccc(-c2nnc(-c3ccc(C(=O)O)cc3)o2)c1OC. The number of nitrogens with zero attached hydrogens (tertiary/aromatic N) is 2. The Kier molecular flexibility index (Phi) is 4.15. The fourth-order valence-corrected chi connectivity index (χ4v) is 2.26. The Balaban J connectivity index is 1.98. The molecule has 0 spiro atoms. The van der Waals surface area contributed by atoms with Crippen LogP contribution in [0.2, 0.25) is 0 Å². The summed E-state index contributed by atoms with van der Waals surface area (Å²) in [5.41, 5.74) is 1.42. The van der Waals surface area contributed by atoms with Gasteiger partial charge in [0, 0.05) is 5.56 Å². The monoisotopic (exact) mass is 326 g/mol. The summed E-state index contributed by atoms with van der Waals surface area (Å²) < 4.78 is 16.3. The number of carboxylic acid groups (broad SMARTS) is 1. The number of hydrogen-bond acceptors (Lipinski definition) is 6. The molecule has 0 bridgehead atoms. The lowest BCUT2D eigenvalue weighted by Crippen LogP contribution is -1.94. The lowest BCUT2D eigenvalue weighted by molar-refractivity contribution is 0.0697. The lowest BCUT2D eigenvalue weighted by atomic mass is 10.1. The summed E-state index contributed by atoms with van der Waals surface area (Å²) in [4.78, 5) is 10.9. The topological polar surface area (TPSA) is 94.7 Å². The zero-order valence-corrected chi connectivity index (χ0v) is 13.0. The van der Waals surface area contributed by atoms with Crippen molar-refractivity contribution in [3.05, 3.63) is 48.0 Å². The molecule has 3 rings (SSSR count). The first-order valence-electron chi connectivity index (χ1n) is 7.02. The minimum atomic E-state index is -0.992. The van der Waals surface area contributed by atoms with E-state index < -0.39 is 5.97 Å². The average Bonchev–Trinajstić information content (AvgIpc) is 3.10. The van der Waals surface area contributed by atoms with Gasteiger partial charge in [0.1, 0.15) is 0 Å². The van der Waals surface area contributed by atoms with Gasteiger partial charge in [-0.2, -0.15) is 0 Å². The van der Waals surface area contributed by atoms with Crippen LogP contribution >= 0.6 is 0 Å². The summed E-state index contributed by atoms with van der Waals surface area (Å²) in [6.45, 7) is 0. The third-order valence-corrected chi connectivity index (χ3v) is 3.44. The highest BCUT2D eigenvalue weighted by Crippen LogP contribution is 2.37. The Hall–Kier alpha value is -3.35. The molecular formula is C17H14N2O5. The van der Waals surface area contributed by atoms with Crippen molar-refractivity contribution < 1.29 is 23.8 Å². The zero-order chi connectivity index (χ0) is 17.1. The van der Waals surface area contributed by atoms with E-state index >= 15 is 0 Å². The number of hydrogen-bond donors (Lipinski definition) is 1. The van der Waals surface area contributed by atoms with Crippen molar-refractivity contribution in [2.75, 3.05) is 14.2 Å². The van der Waals surface area contributed by atoms with Crippen LogP contribution in [-0.2, 0) is 0 Å². The Labute approximate surface area is 137 Å². The fraction of sp³-hybridized carbons (Fsp3) is 0.118. The Morgan fingerprint density at radius 1 is 1.00 bits per heavy atom. The summed E-state index contributed by atoms with van der Waals surface area (Å²) in [7, 11) is 3.08. The number of benzene rings is 2. The van der Waals surface area contributed by atoms with Crippen molar-refractivity contribution in [3.8, 4) is 34.4 Å². The molecule has 0 fully saturated rings. The van der Waals surface area contributed by atoms with Gasteiger partial charge in [-0.05, 0) is 36.4 Å². The lowest BCUT2D eigenvalue weighted by Gasteiger charge is -2.09. The van der Waals surface area contributed by atoms with E-state index in [4.69, 9.17) is 19.0 Å². The Morgan fingerprint density at radius 2 is 1.71 bits per heavy atom. The summed E-state index contributed by atoms with van der Waals surface area (Å²) >= 11 is 0. The van der Waals surface area contributed by atoms with Crippen LogP contribution in [0.1, 0.15) is 10.4 Å². The van der Waals surface area contributed by atoms with Gasteiger partial charge in [0.15, 0.2) is 11.5 Å². The van der Waals surface area contributed by atoms with E-state index in [9.17, 15) is 4.79 Å². The number of aromatic nitrogens is 2. The van der Waals surface area contributed by atoms with E-state index in [0.717, 1.165) is 0 Å². The van der Waals surface area contributed by atoms with Gasteiger partial charge in [-0.25, -0.2) is 4.79 Å². The third kappa shape index (κ3) is 2.79. The van der Waals surface area contributed by atoms with Crippen LogP contribution < -0.4 is 9.47 Å². The molecule has 24 heavy (non-hydrogen) atoms. The summed E-state index contributed by atoms with van der Waals surface area (Å²) in [6, 6.07) is 11.5. The molecule has 1 N–H and O–H groups in total. The summed E-state index contributed by atoms with van der Waals surface area (Å²) in [6.07, 6.45) is 0. The van der Waals surface area contributed by atoms with E-state index in [1.807, 2.05) is 0 Å². The number of carboxylic acids is 1. The van der Waals surface area contributed by atoms with Crippen LogP contribution in [0.3, 0.4) is 0 Å². The molecular weight excluding hydrogens is 312 g/mol. The molecule has 2 aromatic carbocycles. The standard InChI is InChI=1S/C17H14N2O5/c1-22-13-5-3-4-12(14(13)23-2)16-19-18-15(24-16)10-6-8-11(9-7-10)17(20)21/h3-9H,1-2H3,(H,20,21). The molecule has 7 heteroatoms. The van der Waals surface area contributed by atoms with E-state index in [1.165, 1.54) is 19.2 Å². The fourth-order valence-electron chi connectivity index (χ4n) is 2.26. The minimum Gasteiger partial charge on any atom is -0.493 e. The molecule has 0 aliphatic heterocycles. The van der Waals surface area contributed by atoms with Gasteiger partial charge in [0.05, 0.1) is 25.3 Å². The molecule has 1 aromatic heterocycles. The average molecular weight is 326 g/mol. The molecule has 0 atom stereocenters. The molecule has 0 amide bonds. The van der Waals surface area contributed by atoms with Crippen LogP contribution in [0.5, 0.6) is 11.5 Å². The molecule has 0 saturated carbocycles. The third-order valence-electron chi connectivity index (χ3n) is 3.44. The first-order chi connectivity index (χ1) is 11.6. The number of rotatable bonds is 5. The van der Waals surface area contributed by atoms with Gasteiger partial charge >= 0.3 is 5.97 Å². The molecule has 1 heterocycles. The molecule has 0 unspecified atom stereocenters. The number of para-hydroxylation sites is 1. The second-order valence-corrected chi connectivity index (χ2v) is 4.84. The molecule has 0 aliphatic carbocycles. The second-order valence-electron chi connectivity index (χ2n) is 4.84. The van der Waals surface area contributed by atoms with Crippen molar-refractivity contribution >= 4 is 5.97 Å². The van der Waals surface area contributed by atoms with Crippen LogP contribution in [0.4, 0.5) is 0 Å². The predicted molar refractivity (Wildman–Crippen MR) is 85.2 cm³/mol. The first-order valence-corrected chi connectivity index (χ1v) is 7.02. The van der Waals surface area contributed by atoms with Crippen molar-refractivity contribution in [1.29, 1.82) is 0 Å². The van der Waals surface area contributed by atoms with Crippen LogP contribution in [0.15, 0.2) is 46.9 Å². The molecule has 0 saturated heterocycles. The van der Waals surface area contributed by atoms with Crippen molar-refractivity contribution in [2.45, 2.75) is 0 Å². The van der Waals surface area contributed by atoms with Crippen LogP contribution in [0, 0.1) is 0 Å². The highest BCUT2D eigenvalue weighted by atomic mass is 16.5. The second kappa shape index (κ2) is 6.41. The van der Waals surface area contributed by atoms with Gasteiger partial charge in [-0.1, -0.05) is 6.07 Å². The van der Waals surface area contributed by atoms with E-state index in [0.29, 0.717) is 22.6 Å². The number of methoxy groups -OCH3 is 2. The van der Waals surface area contributed by atoms with E-state index in [2.05, 4.69) is 10.2 Å². The zero-order valence-electron chi connectivity index (χ0n) is 13.0. The minimum absolute atomic E-state index is 0.188. The highest BCUT2D eigenvalue weighted by Gasteiger charge is 2.17. The van der Waals surface area contributed by atoms with Crippen molar-refractivity contribution in [2.24, 2.45) is 0 Å². The van der Waals surface area contributed by atoms with Gasteiger partial charge in [0.2, 0.25) is 5.89 Å². The normalized spacial score (nSPS) is 10.4. The first kappa shape index (κ1) is 15.5. The summed E-state index contributed by atoms with van der Waals surface area (Å²) in [5, 5.41) is 17.0. The molecule has 3 aromatic rings. The maximum Gasteiger partial charge on any atom is 0.335 e. The molecule has 0 radical (unpaired) electrons. The maximum absolute atomic E-state index is 10.9. The maximum atomic E-state index is 10.9. The molecule has 122 valence electrons. The van der Waals surface area contributed by atoms with Crippen LogP contribution in [-0.4, -0.2) is 35.5 Å². The molecule has 7 nitrogen and oxygen atoms in total.